The summed E-state index contributed by atoms with van der Waals surface area (Å²) in [6.45, 7) is 1.95. The molecule has 0 aromatic heterocycles. The van der Waals surface area contributed by atoms with Gasteiger partial charge in [0.2, 0.25) is 0 Å². The minimum atomic E-state index is -0.620. The van der Waals surface area contributed by atoms with Gasteiger partial charge < -0.3 is 20.5 Å². The second kappa shape index (κ2) is 4.59. The zero-order valence-corrected chi connectivity index (χ0v) is 10.6. The van der Waals surface area contributed by atoms with Crippen LogP contribution in [0, 0.1) is 0 Å². The largest absolute Gasteiger partial charge is 0.482 e. The molecule has 0 bridgehead atoms. The highest BCUT2D eigenvalue weighted by Crippen LogP contribution is 2.35. The number of carbonyl (C=O) groups excluding carboxylic acids is 1. The van der Waals surface area contributed by atoms with Crippen molar-refractivity contribution in [3.63, 3.8) is 0 Å². The Balaban J connectivity index is 2.40. The molecule has 1 aliphatic heterocycles. The van der Waals surface area contributed by atoms with Crippen LogP contribution in [0.3, 0.4) is 0 Å². The van der Waals surface area contributed by atoms with Crippen molar-refractivity contribution in [2.24, 2.45) is 5.73 Å². The second-order valence-electron chi connectivity index (χ2n) is 4.82. The molecule has 5 nitrogen and oxygen atoms in total. The van der Waals surface area contributed by atoms with E-state index in [4.69, 9.17) is 15.6 Å². The van der Waals surface area contributed by atoms with Gasteiger partial charge in [0, 0.05) is 19.2 Å². The van der Waals surface area contributed by atoms with E-state index in [-0.39, 0.29) is 19.1 Å². The molecule has 0 radical (unpaired) electrons. The zero-order chi connectivity index (χ0) is 13.3. The first-order valence-electron chi connectivity index (χ1n) is 5.89. The first-order chi connectivity index (χ1) is 8.45. The maximum absolute atomic E-state index is 11.6. The number of fused-ring (bicyclic) bond motifs is 1. The van der Waals surface area contributed by atoms with Crippen LogP contribution in [0.4, 0.5) is 5.69 Å². The van der Waals surface area contributed by atoms with Gasteiger partial charge in [-0.2, -0.15) is 0 Å². The SMILES string of the molecule is CN1C(=O)COc2ccc(C(C)(N)CCO)cc21. The molecule has 0 saturated carbocycles. The number of hydrogen-bond donors (Lipinski definition) is 2. The van der Waals surface area contributed by atoms with E-state index >= 15 is 0 Å². The molecule has 1 atom stereocenters. The Kier molecular flexibility index (Phi) is 3.28. The number of benzene rings is 1. The number of aliphatic hydroxyl groups excluding tert-OH is 1. The summed E-state index contributed by atoms with van der Waals surface area (Å²) in [7, 11) is 1.72. The smallest absolute Gasteiger partial charge is 0.264 e. The molecule has 1 aromatic rings. The molecule has 1 unspecified atom stereocenters. The fourth-order valence-electron chi connectivity index (χ4n) is 2.00. The molecule has 0 saturated heterocycles. The summed E-state index contributed by atoms with van der Waals surface area (Å²) in [5.41, 5.74) is 7.13. The van der Waals surface area contributed by atoms with E-state index < -0.39 is 5.54 Å². The molecule has 1 amide bonds. The minimum absolute atomic E-state index is 0.0232. The monoisotopic (exact) mass is 250 g/mol. The Hall–Kier alpha value is -1.59. The van der Waals surface area contributed by atoms with Gasteiger partial charge >= 0.3 is 0 Å². The van der Waals surface area contributed by atoms with E-state index in [1.807, 2.05) is 25.1 Å². The van der Waals surface area contributed by atoms with E-state index in [0.29, 0.717) is 12.2 Å². The van der Waals surface area contributed by atoms with Crippen LogP contribution < -0.4 is 15.4 Å². The van der Waals surface area contributed by atoms with Crippen molar-refractivity contribution >= 4 is 11.6 Å². The molecular weight excluding hydrogens is 232 g/mol. The fraction of sp³-hybridized carbons (Fsp3) is 0.462. The molecule has 18 heavy (non-hydrogen) atoms. The van der Waals surface area contributed by atoms with E-state index in [0.717, 1.165) is 11.3 Å². The van der Waals surface area contributed by atoms with Crippen LogP contribution in [0.1, 0.15) is 18.9 Å². The molecular formula is C13H18N2O3. The molecule has 0 spiro atoms. The lowest BCUT2D eigenvalue weighted by Crippen LogP contribution is -2.37. The molecule has 1 aliphatic rings. The van der Waals surface area contributed by atoms with Gasteiger partial charge in [-0.3, -0.25) is 4.79 Å². The number of hydrogen-bond acceptors (Lipinski definition) is 4. The highest BCUT2D eigenvalue weighted by molar-refractivity contribution is 5.97. The van der Waals surface area contributed by atoms with Gasteiger partial charge in [-0.25, -0.2) is 0 Å². The number of aliphatic hydroxyl groups is 1. The fourth-order valence-corrected chi connectivity index (χ4v) is 2.00. The van der Waals surface area contributed by atoms with Gasteiger partial charge in [-0.15, -0.1) is 0 Å². The van der Waals surface area contributed by atoms with Crippen molar-refractivity contribution in [2.75, 3.05) is 25.2 Å². The maximum Gasteiger partial charge on any atom is 0.264 e. The van der Waals surface area contributed by atoms with Crippen molar-refractivity contribution in [3.8, 4) is 5.75 Å². The molecule has 98 valence electrons. The van der Waals surface area contributed by atoms with Crippen molar-refractivity contribution in [1.82, 2.24) is 0 Å². The third kappa shape index (κ3) is 2.19. The quantitative estimate of drug-likeness (QED) is 0.823. The summed E-state index contributed by atoms with van der Waals surface area (Å²) >= 11 is 0. The Bertz CT molecular complexity index is 471. The number of carbonyl (C=O) groups is 1. The molecule has 0 fully saturated rings. The molecule has 1 aromatic carbocycles. The van der Waals surface area contributed by atoms with E-state index in [1.54, 1.807) is 11.9 Å². The van der Waals surface area contributed by atoms with Gasteiger partial charge in [0.25, 0.3) is 5.91 Å². The van der Waals surface area contributed by atoms with Crippen molar-refractivity contribution in [1.29, 1.82) is 0 Å². The molecule has 0 aliphatic carbocycles. The van der Waals surface area contributed by atoms with Crippen LogP contribution in [0.15, 0.2) is 18.2 Å². The number of amides is 1. The predicted molar refractivity (Wildman–Crippen MR) is 68.6 cm³/mol. The summed E-state index contributed by atoms with van der Waals surface area (Å²) in [5.74, 6) is 0.598. The zero-order valence-electron chi connectivity index (χ0n) is 10.6. The van der Waals surface area contributed by atoms with Crippen LogP contribution in [0.25, 0.3) is 0 Å². The van der Waals surface area contributed by atoms with E-state index in [1.165, 1.54) is 0 Å². The predicted octanol–water partition coefficient (Wildman–Crippen LogP) is 0.598. The number of ether oxygens (including phenoxy) is 1. The Morgan fingerprint density at radius 2 is 2.28 bits per heavy atom. The van der Waals surface area contributed by atoms with E-state index in [2.05, 4.69) is 0 Å². The number of likely N-dealkylation sites (N-methyl/N-ethyl adjacent to an activating group) is 1. The van der Waals surface area contributed by atoms with Gasteiger partial charge in [0.1, 0.15) is 5.75 Å². The topological polar surface area (TPSA) is 75.8 Å². The minimum Gasteiger partial charge on any atom is -0.482 e. The number of nitrogens with two attached hydrogens (primary N) is 1. The van der Waals surface area contributed by atoms with Crippen molar-refractivity contribution < 1.29 is 14.6 Å². The lowest BCUT2D eigenvalue weighted by Gasteiger charge is -2.30. The lowest BCUT2D eigenvalue weighted by molar-refractivity contribution is -0.120. The molecule has 5 heteroatoms. The molecule has 1 heterocycles. The number of nitrogens with zero attached hydrogens (tertiary/aromatic N) is 1. The summed E-state index contributed by atoms with van der Waals surface area (Å²) in [6.07, 6.45) is 0.463. The first-order valence-corrected chi connectivity index (χ1v) is 5.89. The second-order valence-corrected chi connectivity index (χ2v) is 4.82. The van der Waals surface area contributed by atoms with Crippen LogP contribution >= 0.6 is 0 Å². The Morgan fingerprint density at radius 1 is 1.56 bits per heavy atom. The summed E-state index contributed by atoms with van der Waals surface area (Å²) in [4.78, 5) is 13.1. The maximum atomic E-state index is 11.6. The van der Waals surface area contributed by atoms with Crippen LogP contribution in [-0.4, -0.2) is 31.3 Å². The highest BCUT2D eigenvalue weighted by atomic mass is 16.5. The first kappa shape index (κ1) is 12.9. The molecule has 2 rings (SSSR count). The van der Waals surface area contributed by atoms with Gasteiger partial charge in [-0.05, 0) is 31.0 Å². The van der Waals surface area contributed by atoms with Crippen molar-refractivity contribution in [3.05, 3.63) is 23.8 Å². The normalized spacial score (nSPS) is 18.0. The van der Waals surface area contributed by atoms with Gasteiger partial charge in [-0.1, -0.05) is 6.07 Å². The number of rotatable bonds is 3. The average Bonchev–Trinajstić information content (AvgIpc) is 2.33. The van der Waals surface area contributed by atoms with Gasteiger partial charge in [0.05, 0.1) is 5.69 Å². The lowest BCUT2D eigenvalue weighted by atomic mass is 9.89. The number of anilines is 1. The van der Waals surface area contributed by atoms with Gasteiger partial charge in [0.15, 0.2) is 6.61 Å². The van der Waals surface area contributed by atoms with E-state index in [9.17, 15) is 4.79 Å². The Morgan fingerprint density at radius 3 is 2.94 bits per heavy atom. The molecule has 3 N–H and O–H groups in total. The Labute approximate surface area is 106 Å². The summed E-state index contributed by atoms with van der Waals surface area (Å²) in [6, 6.07) is 5.54. The third-order valence-electron chi connectivity index (χ3n) is 3.34. The average molecular weight is 250 g/mol. The van der Waals surface area contributed by atoms with Crippen molar-refractivity contribution in [2.45, 2.75) is 18.9 Å². The van der Waals surface area contributed by atoms with Crippen LogP contribution in [0.2, 0.25) is 0 Å². The summed E-state index contributed by atoms with van der Waals surface area (Å²) in [5, 5.41) is 9.03. The van der Waals surface area contributed by atoms with Crippen LogP contribution in [0.5, 0.6) is 5.75 Å². The standard InChI is InChI=1S/C13H18N2O3/c1-13(14,5-6-16)9-3-4-11-10(7-9)15(2)12(17)8-18-11/h3-4,7,16H,5-6,8,14H2,1-2H3. The summed E-state index contributed by atoms with van der Waals surface area (Å²) < 4.78 is 5.35. The van der Waals surface area contributed by atoms with Crippen LogP contribution in [-0.2, 0) is 10.3 Å². The third-order valence-corrected chi connectivity index (χ3v) is 3.34. The highest BCUT2D eigenvalue weighted by Gasteiger charge is 2.26.